The van der Waals surface area contributed by atoms with Crippen LogP contribution in [0.4, 0.5) is 0 Å². The standard InChI is InChI=1S/C51H31N5O/c1-4-14-32(15-5-1)49-52-50(33-16-6-2-7-17-33)54-51(53-49)34-24-26-39-42-31-36(25-29-45(42)57-46(39)30-34)56-44-23-13-11-21-38(44)41-28-27-40-37-20-10-12-22-43(37)55(47(40)48(41)56)35-18-8-3-9-19-35/h1-31H/i10D,11D,23D,27D,28D. The number of nitrogens with zero attached hydrogens (tertiary/aromatic N) is 5. The summed E-state index contributed by atoms with van der Waals surface area (Å²) >= 11 is 0. The summed E-state index contributed by atoms with van der Waals surface area (Å²) in [4.78, 5) is 14.7. The highest BCUT2D eigenvalue weighted by Crippen LogP contribution is 2.42. The number of aromatic nitrogens is 5. The van der Waals surface area contributed by atoms with Crippen molar-refractivity contribution >= 4 is 65.6 Å². The maximum absolute atomic E-state index is 9.53. The molecule has 8 aromatic carbocycles. The molecule has 57 heavy (non-hydrogen) atoms. The fraction of sp³-hybridized carbons (Fsp3) is 0. The van der Waals surface area contributed by atoms with Crippen molar-refractivity contribution in [2.75, 3.05) is 0 Å². The molecule has 6 nitrogen and oxygen atoms in total. The molecule has 0 spiro atoms. The lowest BCUT2D eigenvalue weighted by molar-refractivity contribution is 0.669. The molecule has 0 aliphatic heterocycles. The zero-order valence-corrected chi connectivity index (χ0v) is 30.2. The lowest BCUT2D eigenvalue weighted by atomic mass is 10.1. The highest BCUT2D eigenvalue weighted by Gasteiger charge is 2.22. The third kappa shape index (κ3) is 4.87. The van der Waals surface area contributed by atoms with E-state index in [0.717, 1.165) is 44.4 Å². The summed E-state index contributed by atoms with van der Waals surface area (Å²) in [5.74, 6) is 1.64. The summed E-state index contributed by atoms with van der Waals surface area (Å²) in [5, 5.41) is 3.98. The molecule has 0 bridgehead atoms. The SMILES string of the molecule is [2H]c1ccc2c(c1)c1c([2H])c([2H])c3c4cc([2H])cc([2H])c4n(-c4ccc5oc6cc(-c7nc(-c8ccccc8)nc(-c8ccccc8)n7)ccc6c5c4)c3c1n2-c1ccccc1. The maximum atomic E-state index is 9.53. The van der Waals surface area contributed by atoms with E-state index >= 15 is 0 Å². The second kappa shape index (κ2) is 12.3. The highest BCUT2D eigenvalue weighted by atomic mass is 16.3. The van der Waals surface area contributed by atoms with Gasteiger partial charge in [-0.15, -0.1) is 0 Å². The quantitative estimate of drug-likeness (QED) is 0.177. The predicted octanol–water partition coefficient (Wildman–Crippen LogP) is 13.0. The number of furan rings is 1. The zero-order chi connectivity index (χ0) is 41.8. The van der Waals surface area contributed by atoms with E-state index in [-0.39, 0.29) is 24.2 Å². The van der Waals surface area contributed by atoms with Crippen LogP contribution in [0.1, 0.15) is 6.85 Å². The Balaban J connectivity index is 1.12. The molecule has 266 valence electrons. The Kier molecular flexibility index (Phi) is 5.82. The van der Waals surface area contributed by atoms with Crippen LogP contribution in [0.25, 0.3) is 111 Å². The van der Waals surface area contributed by atoms with Crippen LogP contribution in [0.3, 0.4) is 0 Å². The molecule has 0 atom stereocenters. The van der Waals surface area contributed by atoms with E-state index in [1.54, 1.807) is 18.2 Å². The molecule has 0 saturated heterocycles. The first-order chi connectivity index (χ1) is 30.3. The Labute approximate surface area is 333 Å². The van der Waals surface area contributed by atoms with Crippen molar-refractivity contribution < 1.29 is 11.3 Å². The van der Waals surface area contributed by atoms with E-state index in [1.807, 2.05) is 138 Å². The molecule has 0 N–H and O–H groups in total. The van der Waals surface area contributed by atoms with Gasteiger partial charge in [0.05, 0.1) is 28.9 Å². The molecule has 4 heterocycles. The molecular weight excluding hydrogens is 699 g/mol. The third-order valence-corrected chi connectivity index (χ3v) is 10.8. The molecule has 0 aliphatic rings. The average Bonchev–Trinajstić information content (AvgIpc) is 3.96. The van der Waals surface area contributed by atoms with E-state index in [0.29, 0.717) is 72.8 Å². The van der Waals surface area contributed by atoms with E-state index in [2.05, 4.69) is 4.57 Å². The van der Waals surface area contributed by atoms with Crippen molar-refractivity contribution in [1.29, 1.82) is 0 Å². The molecule has 0 fully saturated rings. The van der Waals surface area contributed by atoms with Crippen LogP contribution in [0, 0.1) is 0 Å². The molecule has 4 aromatic heterocycles. The molecule has 6 heteroatoms. The van der Waals surface area contributed by atoms with Gasteiger partial charge < -0.3 is 13.6 Å². The van der Waals surface area contributed by atoms with E-state index in [9.17, 15) is 4.11 Å². The first kappa shape index (κ1) is 26.9. The fourth-order valence-electron chi connectivity index (χ4n) is 8.20. The van der Waals surface area contributed by atoms with Crippen molar-refractivity contribution in [3.8, 4) is 45.5 Å². The van der Waals surface area contributed by atoms with Gasteiger partial charge in [0.1, 0.15) is 11.2 Å². The number of hydrogen-bond donors (Lipinski definition) is 0. The van der Waals surface area contributed by atoms with E-state index in [4.69, 9.17) is 22.1 Å². The van der Waals surface area contributed by atoms with Gasteiger partial charge in [0.15, 0.2) is 17.5 Å². The Bertz CT molecular complexity index is 3750. The zero-order valence-electron chi connectivity index (χ0n) is 35.2. The van der Waals surface area contributed by atoms with Crippen LogP contribution in [0.2, 0.25) is 0 Å². The Morgan fingerprint density at radius 1 is 0.386 bits per heavy atom. The number of benzene rings is 8. The lowest BCUT2D eigenvalue weighted by Gasteiger charge is -2.12. The maximum Gasteiger partial charge on any atom is 0.164 e. The topological polar surface area (TPSA) is 61.7 Å². The van der Waals surface area contributed by atoms with Crippen LogP contribution in [0.5, 0.6) is 0 Å². The smallest absolute Gasteiger partial charge is 0.164 e. The fourth-order valence-corrected chi connectivity index (χ4v) is 8.20. The van der Waals surface area contributed by atoms with E-state index < -0.39 is 0 Å². The van der Waals surface area contributed by atoms with Crippen molar-refractivity contribution in [3.63, 3.8) is 0 Å². The van der Waals surface area contributed by atoms with Gasteiger partial charge in [-0.3, -0.25) is 0 Å². The second-order valence-electron chi connectivity index (χ2n) is 14.0. The summed E-state index contributed by atoms with van der Waals surface area (Å²) in [6, 6.07) is 50.6. The molecule has 0 unspecified atom stereocenters. The summed E-state index contributed by atoms with van der Waals surface area (Å²) in [6.45, 7) is 0. The Hall–Kier alpha value is -7.83. The Morgan fingerprint density at radius 2 is 0.982 bits per heavy atom. The largest absolute Gasteiger partial charge is 0.456 e. The summed E-state index contributed by atoms with van der Waals surface area (Å²) in [7, 11) is 0. The molecule has 0 radical (unpaired) electrons. The molecule has 0 amide bonds. The molecule has 0 aliphatic carbocycles. The van der Waals surface area contributed by atoms with Gasteiger partial charge in [0, 0.05) is 60.4 Å². The average molecular weight is 735 g/mol. The first-order valence-corrected chi connectivity index (χ1v) is 18.7. The van der Waals surface area contributed by atoms with Gasteiger partial charge >= 0.3 is 0 Å². The van der Waals surface area contributed by atoms with Crippen molar-refractivity contribution in [2.24, 2.45) is 0 Å². The minimum absolute atomic E-state index is 0.00436. The molecule has 0 saturated carbocycles. The van der Waals surface area contributed by atoms with Crippen LogP contribution >= 0.6 is 0 Å². The van der Waals surface area contributed by atoms with Gasteiger partial charge in [-0.1, -0.05) is 133 Å². The summed E-state index contributed by atoms with van der Waals surface area (Å²) in [6.07, 6.45) is 0. The van der Waals surface area contributed by atoms with Crippen molar-refractivity contribution in [3.05, 3.63) is 188 Å². The predicted molar refractivity (Wildman–Crippen MR) is 232 cm³/mol. The second-order valence-corrected chi connectivity index (χ2v) is 14.0. The number of fused-ring (bicyclic) bond motifs is 10. The first-order valence-electron chi connectivity index (χ1n) is 21.2. The summed E-state index contributed by atoms with van der Waals surface area (Å²) in [5.41, 5.74) is 8.03. The minimum atomic E-state index is -0.00436. The van der Waals surface area contributed by atoms with Gasteiger partial charge in [0.2, 0.25) is 0 Å². The van der Waals surface area contributed by atoms with Crippen LogP contribution < -0.4 is 0 Å². The monoisotopic (exact) mass is 734 g/mol. The highest BCUT2D eigenvalue weighted by molar-refractivity contribution is 6.24. The van der Waals surface area contributed by atoms with Crippen LogP contribution in [0.15, 0.2) is 192 Å². The molecular formula is C51H31N5O. The normalized spacial score (nSPS) is 13.1. The Morgan fingerprint density at radius 3 is 1.67 bits per heavy atom. The molecule has 12 aromatic rings. The number of rotatable bonds is 5. The van der Waals surface area contributed by atoms with E-state index in [1.165, 1.54) is 6.07 Å². The van der Waals surface area contributed by atoms with Gasteiger partial charge in [0.25, 0.3) is 0 Å². The molecule has 12 rings (SSSR count). The van der Waals surface area contributed by atoms with Crippen LogP contribution in [-0.4, -0.2) is 24.1 Å². The van der Waals surface area contributed by atoms with Crippen molar-refractivity contribution in [2.45, 2.75) is 0 Å². The number of hydrogen-bond acceptors (Lipinski definition) is 4. The minimum Gasteiger partial charge on any atom is -0.456 e. The van der Waals surface area contributed by atoms with Gasteiger partial charge in [-0.25, -0.2) is 15.0 Å². The van der Waals surface area contributed by atoms with Crippen LogP contribution in [-0.2, 0) is 0 Å². The lowest BCUT2D eigenvalue weighted by Crippen LogP contribution is -2.00. The summed E-state index contributed by atoms with van der Waals surface area (Å²) < 4.78 is 56.2. The third-order valence-electron chi connectivity index (χ3n) is 10.8. The van der Waals surface area contributed by atoms with Gasteiger partial charge in [-0.2, -0.15) is 0 Å². The number of para-hydroxylation sites is 3. The van der Waals surface area contributed by atoms with Gasteiger partial charge in [-0.05, 0) is 54.6 Å². The van der Waals surface area contributed by atoms with Crippen molar-refractivity contribution in [1.82, 2.24) is 24.1 Å².